The van der Waals surface area contributed by atoms with Crippen LogP contribution in [-0.2, 0) is 14.3 Å². The van der Waals surface area contributed by atoms with Crippen molar-refractivity contribution in [2.24, 2.45) is 10.8 Å². The summed E-state index contributed by atoms with van der Waals surface area (Å²) in [6.07, 6.45) is 1.86. The SMILES string of the molecule is COCCN1C2=C(C(=O)CC(C)(C)C2)C(c2cc(OC)c(O)c([N+](=O)[O-])c2)C2=C1CC(C)(C)CC2=O. The van der Waals surface area contributed by atoms with Crippen molar-refractivity contribution in [2.75, 3.05) is 27.4 Å². The van der Waals surface area contributed by atoms with Gasteiger partial charge in [0.25, 0.3) is 0 Å². The number of nitro groups is 1. The molecule has 9 heteroatoms. The van der Waals surface area contributed by atoms with E-state index in [1.165, 1.54) is 19.2 Å². The van der Waals surface area contributed by atoms with E-state index in [-0.39, 0.29) is 28.1 Å². The Morgan fingerprint density at radius 1 is 1.00 bits per heavy atom. The van der Waals surface area contributed by atoms with Gasteiger partial charge in [-0.05, 0) is 35.3 Å². The van der Waals surface area contributed by atoms with Crippen LogP contribution in [0.2, 0.25) is 0 Å². The van der Waals surface area contributed by atoms with E-state index in [2.05, 4.69) is 4.90 Å². The average Bonchev–Trinajstić information content (AvgIpc) is 2.75. The Labute approximate surface area is 210 Å². The Kier molecular flexibility index (Phi) is 6.49. The van der Waals surface area contributed by atoms with E-state index in [1.54, 1.807) is 7.11 Å². The van der Waals surface area contributed by atoms with Crippen LogP contribution in [0, 0.1) is 20.9 Å². The van der Waals surface area contributed by atoms with E-state index >= 15 is 0 Å². The molecule has 1 N–H and O–H groups in total. The number of ketones is 2. The van der Waals surface area contributed by atoms with Gasteiger partial charge < -0.3 is 19.5 Å². The molecule has 0 spiro atoms. The molecule has 0 atom stereocenters. The Bertz CT molecular complexity index is 1150. The number of phenolic OH excluding ortho intramolecular Hbond substituents is 1. The molecule has 0 unspecified atom stereocenters. The number of Topliss-reactive ketones (excluding diaryl/α,β-unsaturated/α-hetero) is 2. The number of nitro benzene ring substituents is 1. The molecule has 1 aromatic rings. The number of rotatable bonds is 6. The molecule has 36 heavy (non-hydrogen) atoms. The van der Waals surface area contributed by atoms with Crippen LogP contribution in [0.5, 0.6) is 11.5 Å². The summed E-state index contributed by atoms with van der Waals surface area (Å²) in [6.45, 7) is 9.10. The summed E-state index contributed by atoms with van der Waals surface area (Å²) >= 11 is 0. The van der Waals surface area contributed by atoms with Gasteiger partial charge in [0.2, 0.25) is 5.75 Å². The maximum atomic E-state index is 13.7. The predicted octanol–water partition coefficient (Wildman–Crippen LogP) is 4.64. The third-order valence-electron chi connectivity index (χ3n) is 7.37. The highest BCUT2D eigenvalue weighted by Crippen LogP contribution is 2.55. The van der Waals surface area contributed by atoms with Crippen molar-refractivity contribution in [3.05, 3.63) is 50.4 Å². The van der Waals surface area contributed by atoms with E-state index < -0.39 is 22.3 Å². The third kappa shape index (κ3) is 4.40. The lowest BCUT2D eigenvalue weighted by molar-refractivity contribution is -0.386. The van der Waals surface area contributed by atoms with Gasteiger partial charge in [-0.2, -0.15) is 0 Å². The van der Waals surface area contributed by atoms with Crippen molar-refractivity contribution >= 4 is 17.3 Å². The van der Waals surface area contributed by atoms with E-state index in [1.807, 2.05) is 27.7 Å². The zero-order chi connectivity index (χ0) is 26.6. The molecule has 0 radical (unpaired) electrons. The fourth-order valence-electron chi connectivity index (χ4n) is 5.91. The highest BCUT2D eigenvalue weighted by atomic mass is 16.6. The van der Waals surface area contributed by atoms with Crippen molar-refractivity contribution in [1.82, 2.24) is 4.90 Å². The molecule has 0 aromatic heterocycles. The molecule has 9 nitrogen and oxygen atoms in total. The van der Waals surface area contributed by atoms with Crippen LogP contribution in [0.25, 0.3) is 0 Å². The number of hydrogen-bond donors (Lipinski definition) is 1. The van der Waals surface area contributed by atoms with E-state index in [4.69, 9.17) is 9.47 Å². The number of ether oxygens (including phenoxy) is 2. The van der Waals surface area contributed by atoms with Gasteiger partial charge in [-0.15, -0.1) is 0 Å². The maximum absolute atomic E-state index is 13.7. The second-order valence-electron chi connectivity index (χ2n) is 11.5. The molecule has 1 aromatic carbocycles. The summed E-state index contributed by atoms with van der Waals surface area (Å²) < 4.78 is 10.6. The molecule has 194 valence electrons. The summed E-state index contributed by atoms with van der Waals surface area (Å²) in [5.74, 6) is -1.58. The lowest BCUT2D eigenvalue weighted by Gasteiger charge is -2.49. The van der Waals surface area contributed by atoms with Gasteiger partial charge in [-0.3, -0.25) is 19.7 Å². The van der Waals surface area contributed by atoms with Gasteiger partial charge in [0.1, 0.15) is 0 Å². The zero-order valence-corrected chi connectivity index (χ0v) is 21.8. The van der Waals surface area contributed by atoms with Crippen LogP contribution in [0.4, 0.5) is 5.69 Å². The fourth-order valence-corrected chi connectivity index (χ4v) is 5.91. The Balaban J connectivity index is 2.05. The molecular formula is C27H34N2O7. The Hall–Kier alpha value is -3.20. The van der Waals surface area contributed by atoms with Crippen LogP contribution >= 0.6 is 0 Å². The number of carbonyl (C=O) groups excluding carboxylic acids is 2. The first-order chi connectivity index (χ1) is 16.8. The molecule has 0 saturated carbocycles. The van der Waals surface area contributed by atoms with Crippen LogP contribution in [0.3, 0.4) is 0 Å². The second-order valence-corrected chi connectivity index (χ2v) is 11.5. The number of phenols is 1. The number of aromatic hydroxyl groups is 1. The van der Waals surface area contributed by atoms with Crippen LogP contribution in [0.1, 0.15) is 64.9 Å². The number of nitrogens with zero attached hydrogens (tertiary/aromatic N) is 2. The summed E-state index contributed by atoms with van der Waals surface area (Å²) in [6, 6.07) is 2.77. The van der Waals surface area contributed by atoms with E-state index in [9.17, 15) is 24.8 Å². The van der Waals surface area contributed by atoms with E-state index in [0.29, 0.717) is 55.5 Å². The monoisotopic (exact) mass is 498 g/mol. The topological polar surface area (TPSA) is 119 Å². The first kappa shape index (κ1) is 25.9. The van der Waals surface area contributed by atoms with Crippen molar-refractivity contribution < 1.29 is 29.1 Å². The summed E-state index contributed by atoms with van der Waals surface area (Å²) in [5, 5.41) is 22.2. The Morgan fingerprint density at radius 2 is 1.53 bits per heavy atom. The minimum absolute atomic E-state index is 0.0718. The van der Waals surface area contributed by atoms with Crippen LogP contribution in [0.15, 0.2) is 34.7 Å². The van der Waals surface area contributed by atoms with Crippen molar-refractivity contribution in [3.63, 3.8) is 0 Å². The standard InChI is InChI=1S/C27H34N2O7/c1-26(2)11-17-23(19(30)13-26)22(15-9-16(29(33)34)25(32)21(10-15)36-6)24-18(28(17)7-8-35-5)12-27(3,4)14-20(24)31/h9-10,22,32H,7-8,11-14H2,1-6H3. The van der Waals surface area contributed by atoms with Crippen molar-refractivity contribution in [1.29, 1.82) is 0 Å². The smallest absolute Gasteiger partial charge is 0.314 e. The highest BCUT2D eigenvalue weighted by molar-refractivity contribution is 6.07. The quantitative estimate of drug-likeness (QED) is 0.445. The van der Waals surface area contributed by atoms with Gasteiger partial charge in [0.05, 0.1) is 18.6 Å². The lowest BCUT2D eigenvalue weighted by Crippen LogP contribution is -2.45. The maximum Gasteiger partial charge on any atom is 0.314 e. The van der Waals surface area contributed by atoms with Gasteiger partial charge in [-0.1, -0.05) is 27.7 Å². The van der Waals surface area contributed by atoms with Crippen LogP contribution in [-0.4, -0.2) is 53.9 Å². The van der Waals surface area contributed by atoms with Gasteiger partial charge in [0.15, 0.2) is 17.3 Å². The molecule has 1 heterocycles. The number of hydrogen-bond acceptors (Lipinski definition) is 8. The molecule has 0 fully saturated rings. The van der Waals surface area contributed by atoms with Crippen molar-refractivity contribution in [3.8, 4) is 11.5 Å². The first-order valence-electron chi connectivity index (χ1n) is 12.1. The average molecular weight is 499 g/mol. The molecule has 4 rings (SSSR count). The molecule has 0 bridgehead atoms. The fraction of sp³-hybridized carbons (Fsp3) is 0.556. The van der Waals surface area contributed by atoms with E-state index in [0.717, 1.165) is 11.4 Å². The number of allylic oxidation sites excluding steroid dienone is 4. The normalized spacial score (nSPS) is 21.4. The molecule has 2 aliphatic carbocycles. The number of carbonyl (C=O) groups is 2. The van der Waals surface area contributed by atoms with Gasteiger partial charge >= 0.3 is 5.69 Å². The predicted molar refractivity (Wildman–Crippen MR) is 133 cm³/mol. The summed E-state index contributed by atoms with van der Waals surface area (Å²) in [4.78, 5) is 40.6. The molecule has 1 aliphatic heterocycles. The summed E-state index contributed by atoms with van der Waals surface area (Å²) in [5.41, 5.74) is 1.99. The molecule has 3 aliphatic rings. The molecular weight excluding hydrogens is 464 g/mol. The number of benzene rings is 1. The highest BCUT2D eigenvalue weighted by Gasteiger charge is 2.49. The molecule has 0 saturated heterocycles. The first-order valence-corrected chi connectivity index (χ1v) is 12.1. The van der Waals surface area contributed by atoms with Crippen molar-refractivity contribution in [2.45, 2.75) is 59.3 Å². The van der Waals surface area contributed by atoms with Crippen LogP contribution < -0.4 is 4.74 Å². The minimum atomic E-state index is -0.769. The zero-order valence-electron chi connectivity index (χ0n) is 21.8. The van der Waals surface area contributed by atoms with Gasteiger partial charge in [-0.25, -0.2) is 0 Å². The third-order valence-corrected chi connectivity index (χ3v) is 7.37. The summed E-state index contributed by atoms with van der Waals surface area (Å²) in [7, 11) is 2.93. The Morgan fingerprint density at radius 3 is 1.97 bits per heavy atom. The largest absolute Gasteiger partial charge is 0.500 e. The molecule has 0 amide bonds. The van der Waals surface area contributed by atoms with Gasteiger partial charge in [0, 0.05) is 61.0 Å². The number of methoxy groups -OCH3 is 2. The lowest BCUT2D eigenvalue weighted by atomic mass is 9.63. The minimum Gasteiger partial charge on any atom is -0.500 e. The second kappa shape index (κ2) is 9.03.